The van der Waals surface area contributed by atoms with Crippen molar-refractivity contribution in [3.63, 3.8) is 0 Å². The Balaban J connectivity index is 1.87. The fourth-order valence-electron chi connectivity index (χ4n) is 1.93. The lowest BCUT2D eigenvalue weighted by molar-refractivity contribution is 0.185. The van der Waals surface area contributed by atoms with E-state index in [1.165, 1.54) is 5.56 Å². The topological polar surface area (TPSA) is 41.3 Å². The zero-order valence-corrected chi connectivity index (χ0v) is 10.4. The summed E-state index contributed by atoms with van der Waals surface area (Å²) in [5, 5.41) is 9.11. The Morgan fingerprint density at radius 3 is 2.67 bits per heavy atom. The van der Waals surface area contributed by atoms with Crippen molar-refractivity contribution >= 4 is 0 Å². The summed E-state index contributed by atoms with van der Waals surface area (Å²) in [5.74, 6) is 0. The summed E-state index contributed by atoms with van der Waals surface area (Å²) in [4.78, 5) is 6.27. The molecule has 0 spiro atoms. The molecule has 2 rings (SSSR count). The van der Waals surface area contributed by atoms with Crippen LogP contribution in [0.15, 0.2) is 49.1 Å². The van der Waals surface area contributed by atoms with E-state index in [2.05, 4.69) is 26.6 Å². The van der Waals surface area contributed by atoms with Gasteiger partial charge in [-0.3, -0.25) is 4.90 Å². The number of nitrogens with zero attached hydrogens (tertiary/aromatic N) is 3. The number of aliphatic hydroxyl groups excluding tert-OH is 1. The van der Waals surface area contributed by atoms with Gasteiger partial charge in [-0.1, -0.05) is 30.3 Å². The first kappa shape index (κ1) is 12.8. The molecule has 0 atom stereocenters. The van der Waals surface area contributed by atoms with Crippen molar-refractivity contribution in [3.8, 4) is 0 Å². The quantitative estimate of drug-likeness (QED) is 0.801. The van der Waals surface area contributed by atoms with Crippen molar-refractivity contribution < 1.29 is 5.11 Å². The van der Waals surface area contributed by atoms with Crippen LogP contribution in [0.25, 0.3) is 0 Å². The van der Waals surface area contributed by atoms with Gasteiger partial charge in [0.2, 0.25) is 0 Å². The molecule has 2 aromatic rings. The van der Waals surface area contributed by atoms with Crippen molar-refractivity contribution in [3.05, 3.63) is 54.6 Å². The van der Waals surface area contributed by atoms with Gasteiger partial charge in [0.05, 0.1) is 12.9 Å². The lowest BCUT2D eigenvalue weighted by atomic mass is 10.2. The fraction of sp³-hybridized carbons (Fsp3) is 0.357. The van der Waals surface area contributed by atoms with Crippen molar-refractivity contribution in [1.29, 1.82) is 0 Å². The van der Waals surface area contributed by atoms with Gasteiger partial charge in [-0.15, -0.1) is 0 Å². The van der Waals surface area contributed by atoms with E-state index in [4.69, 9.17) is 5.11 Å². The standard InChI is InChI=1S/C14H19N3O/c18-11-10-16(8-9-17-7-6-15-13-17)12-14-4-2-1-3-5-14/h1-7,13,18H,8-12H2. The highest BCUT2D eigenvalue weighted by atomic mass is 16.3. The van der Waals surface area contributed by atoms with Crippen molar-refractivity contribution in [1.82, 2.24) is 14.5 Å². The lowest BCUT2D eigenvalue weighted by Crippen LogP contribution is -2.29. The first-order valence-corrected chi connectivity index (χ1v) is 6.21. The van der Waals surface area contributed by atoms with Gasteiger partial charge in [0.25, 0.3) is 0 Å². The maximum absolute atomic E-state index is 9.11. The number of aromatic nitrogens is 2. The van der Waals surface area contributed by atoms with Gasteiger partial charge in [-0.2, -0.15) is 0 Å². The highest BCUT2D eigenvalue weighted by Crippen LogP contribution is 2.04. The average molecular weight is 245 g/mol. The second kappa shape index (κ2) is 6.93. The van der Waals surface area contributed by atoms with Crippen LogP contribution in [0, 0.1) is 0 Å². The summed E-state index contributed by atoms with van der Waals surface area (Å²) < 4.78 is 2.05. The number of aliphatic hydroxyl groups is 1. The second-order valence-electron chi connectivity index (χ2n) is 4.29. The Labute approximate surface area is 108 Å². The SMILES string of the molecule is OCCN(CCn1ccnc1)Cc1ccccc1. The van der Waals surface area contributed by atoms with E-state index in [0.29, 0.717) is 6.54 Å². The molecule has 4 heteroatoms. The van der Waals surface area contributed by atoms with Gasteiger partial charge < -0.3 is 9.67 Å². The number of imidazole rings is 1. The third-order valence-electron chi connectivity index (χ3n) is 2.90. The normalized spacial score (nSPS) is 11.0. The zero-order valence-electron chi connectivity index (χ0n) is 10.4. The number of hydrogen-bond donors (Lipinski definition) is 1. The molecule has 0 unspecified atom stereocenters. The van der Waals surface area contributed by atoms with E-state index in [9.17, 15) is 0 Å². The van der Waals surface area contributed by atoms with E-state index >= 15 is 0 Å². The maximum atomic E-state index is 9.11. The summed E-state index contributed by atoms with van der Waals surface area (Å²) in [6, 6.07) is 10.3. The van der Waals surface area contributed by atoms with Gasteiger partial charge in [-0.25, -0.2) is 4.98 Å². The molecular formula is C14H19N3O. The second-order valence-corrected chi connectivity index (χ2v) is 4.29. The molecule has 1 heterocycles. The number of hydrogen-bond acceptors (Lipinski definition) is 3. The first-order chi connectivity index (χ1) is 8.88. The van der Waals surface area contributed by atoms with Crippen LogP contribution >= 0.6 is 0 Å². The molecule has 18 heavy (non-hydrogen) atoms. The molecule has 0 saturated heterocycles. The molecule has 0 aliphatic carbocycles. The zero-order chi connectivity index (χ0) is 12.6. The minimum absolute atomic E-state index is 0.191. The minimum atomic E-state index is 0.191. The smallest absolute Gasteiger partial charge is 0.0946 e. The Morgan fingerprint density at radius 1 is 1.17 bits per heavy atom. The lowest BCUT2D eigenvalue weighted by Gasteiger charge is -2.21. The third-order valence-corrected chi connectivity index (χ3v) is 2.90. The van der Waals surface area contributed by atoms with Gasteiger partial charge >= 0.3 is 0 Å². The van der Waals surface area contributed by atoms with Crippen LogP contribution in [-0.4, -0.2) is 39.3 Å². The predicted molar refractivity (Wildman–Crippen MR) is 71.0 cm³/mol. The van der Waals surface area contributed by atoms with Crippen LogP contribution in [0.1, 0.15) is 5.56 Å². The molecule has 0 radical (unpaired) electrons. The van der Waals surface area contributed by atoms with E-state index in [1.54, 1.807) is 6.20 Å². The van der Waals surface area contributed by atoms with Gasteiger partial charge in [0.1, 0.15) is 0 Å². The molecule has 0 aliphatic rings. The van der Waals surface area contributed by atoms with Gasteiger partial charge in [-0.05, 0) is 5.56 Å². The Morgan fingerprint density at radius 2 is 2.00 bits per heavy atom. The molecule has 1 aromatic heterocycles. The summed E-state index contributed by atoms with van der Waals surface area (Å²) in [6.07, 6.45) is 5.56. The van der Waals surface area contributed by atoms with Crippen molar-refractivity contribution in [2.75, 3.05) is 19.7 Å². The summed E-state index contributed by atoms with van der Waals surface area (Å²) in [6.45, 7) is 3.56. The van der Waals surface area contributed by atoms with E-state index in [1.807, 2.05) is 30.7 Å². The molecule has 0 aliphatic heterocycles. The molecule has 0 fully saturated rings. The molecule has 0 saturated carbocycles. The summed E-state index contributed by atoms with van der Waals surface area (Å²) >= 11 is 0. The van der Waals surface area contributed by atoms with Gasteiger partial charge in [0.15, 0.2) is 0 Å². The van der Waals surface area contributed by atoms with Crippen LogP contribution in [0.4, 0.5) is 0 Å². The largest absolute Gasteiger partial charge is 0.395 e. The van der Waals surface area contributed by atoms with Gasteiger partial charge in [0, 0.05) is 38.6 Å². The molecule has 0 amide bonds. The predicted octanol–water partition coefficient (Wildman–Crippen LogP) is 1.38. The highest BCUT2D eigenvalue weighted by Gasteiger charge is 2.05. The van der Waals surface area contributed by atoms with Crippen LogP contribution in [0.5, 0.6) is 0 Å². The molecule has 96 valence electrons. The molecule has 1 N–H and O–H groups in total. The summed E-state index contributed by atoms with van der Waals surface area (Å²) in [5.41, 5.74) is 1.27. The Hall–Kier alpha value is -1.65. The van der Waals surface area contributed by atoms with Crippen molar-refractivity contribution in [2.45, 2.75) is 13.1 Å². The molecule has 0 bridgehead atoms. The van der Waals surface area contributed by atoms with Crippen LogP contribution in [0.3, 0.4) is 0 Å². The third kappa shape index (κ3) is 3.98. The maximum Gasteiger partial charge on any atom is 0.0946 e. The Bertz CT molecular complexity index is 428. The van der Waals surface area contributed by atoms with Crippen LogP contribution in [-0.2, 0) is 13.1 Å². The molecule has 1 aromatic carbocycles. The van der Waals surface area contributed by atoms with E-state index in [0.717, 1.165) is 19.6 Å². The summed E-state index contributed by atoms with van der Waals surface area (Å²) in [7, 11) is 0. The number of rotatable bonds is 7. The van der Waals surface area contributed by atoms with Crippen LogP contribution in [0.2, 0.25) is 0 Å². The first-order valence-electron chi connectivity index (χ1n) is 6.21. The average Bonchev–Trinajstić information content (AvgIpc) is 2.91. The monoisotopic (exact) mass is 245 g/mol. The van der Waals surface area contributed by atoms with Crippen LogP contribution < -0.4 is 0 Å². The highest BCUT2D eigenvalue weighted by molar-refractivity contribution is 5.14. The molecular weight excluding hydrogens is 226 g/mol. The minimum Gasteiger partial charge on any atom is -0.395 e. The Kier molecular flexibility index (Phi) is 4.93. The number of benzene rings is 1. The van der Waals surface area contributed by atoms with E-state index in [-0.39, 0.29) is 6.61 Å². The fourth-order valence-corrected chi connectivity index (χ4v) is 1.93. The van der Waals surface area contributed by atoms with Crippen molar-refractivity contribution in [2.24, 2.45) is 0 Å². The van der Waals surface area contributed by atoms with E-state index < -0.39 is 0 Å². The molecule has 4 nitrogen and oxygen atoms in total.